The van der Waals surface area contributed by atoms with Crippen molar-refractivity contribution in [3.05, 3.63) is 45.7 Å². The summed E-state index contributed by atoms with van der Waals surface area (Å²) in [5.74, 6) is 1.08. The number of phenolic OH excluding ortho intramolecular Hbond substituents is 1. The van der Waals surface area contributed by atoms with Crippen molar-refractivity contribution in [3.63, 3.8) is 0 Å². The molecular weight excluding hydrogens is 367 g/mol. The average Bonchev–Trinajstić information content (AvgIpc) is 2.76. The highest BCUT2D eigenvalue weighted by Gasteiger charge is 2.12. The number of aryl methyl sites for hydroxylation is 1. The summed E-state index contributed by atoms with van der Waals surface area (Å²) in [7, 11) is 1.66. The Bertz CT molecular complexity index is 796. The van der Waals surface area contributed by atoms with Crippen LogP contribution in [-0.2, 0) is 0 Å². The Labute approximate surface area is 130 Å². The number of nitrogens with zero attached hydrogens (tertiary/aromatic N) is 2. The van der Waals surface area contributed by atoms with Crippen LogP contribution in [0, 0.1) is 10.6 Å². The molecule has 1 N–H and O–H groups in total. The highest BCUT2D eigenvalue weighted by molar-refractivity contribution is 14.1. The molecule has 0 amide bonds. The maximum Gasteiger partial charge on any atom is 0.119 e. The summed E-state index contributed by atoms with van der Waals surface area (Å²) in [6, 6.07) is 11.1. The summed E-state index contributed by atoms with van der Waals surface area (Å²) in [6.07, 6.45) is 0. The minimum Gasteiger partial charge on any atom is -0.508 e. The second-order valence-electron chi connectivity index (χ2n) is 4.56. The van der Waals surface area contributed by atoms with Crippen LogP contribution in [0.4, 0.5) is 0 Å². The predicted octanol–water partition coefficient (Wildman–Crippen LogP) is 3.65. The molecule has 3 aromatic rings. The zero-order chi connectivity index (χ0) is 14.3. The van der Waals surface area contributed by atoms with Crippen molar-refractivity contribution in [3.8, 4) is 17.2 Å². The third-order valence-electron chi connectivity index (χ3n) is 3.23. The molecule has 0 aliphatic carbocycles. The summed E-state index contributed by atoms with van der Waals surface area (Å²) in [5, 5.41) is 15.1. The van der Waals surface area contributed by atoms with E-state index < -0.39 is 0 Å². The Hall–Kier alpha value is -1.76. The van der Waals surface area contributed by atoms with Crippen LogP contribution in [0.25, 0.3) is 16.6 Å². The quantitative estimate of drug-likeness (QED) is 0.691. The van der Waals surface area contributed by atoms with Crippen LogP contribution in [0.1, 0.15) is 5.56 Å². The van der Waals surface area contributed by atoms with Gasteiger partial charge < -0.3 is 9.84 Å². The number of hydrogen-bond acceptors (Lipinski definition) is 3. The van der Waals surface area contributed by atoms with Gasteiger partial charge in [-0.25, -0.2) is 4.68 Å². The van der Waals surface area contributed by atoms with E-state index in [9.17, 15) is 5.11 Å². The van der Waals surface area contributed by atoms with E-state index in [4.69, 9.17) is 4.74 Å². The van der Waals surface area contributed by atoms with Crippen molar-refractivity contribution in [2.75, 3.05) is 7.11 Å². The molecule has 20 heavy (non-hydrogen) atoms. The number of phenols is 1. The minimum absolute atomic E-state index is 0.251. The second kappa shape index (κ2) is 4.97. The fraction of sp³-hybridized carbons (Fsp3) is 0.133. The summed E-state index contributed by atoms with van der Waals surface area (Å²) in [5.41, 5.74) is 2.95. The molecule has 102 valence electrons. The number of aromatic hydroxyl groups is 1. The van der Waals surface area contributed by atoms with Crippen molar-refractivity contribution in [1.29, 1.82) is 0 Å². The van der Waals surface area contributed by atoms with Gasteiger partial charge in [-0.2, -0.15) is 5.10 Å². The number of benzene rings is 2. The molecule has 0 fully saturated rings. The molecule has 0 bridgehead atoms. The number of ether oxygens (including phenoxy) is 1. The Balaban J connectivity index is 2.22. The number of hydrogen-bond donors (Lipinski definition) is 1. The van der Waals surface area contributed by atoms with Gasteiger partial charge in [0.05, 0.1) is 18.3 Å². The van der Waals surface area contributed by atoms with Gasteiger partial charge in [0, 0.05) is 5.39 Å². The maximum atomic E-state index is 9.60. The lowest BCUT2D eigenvalue weighted by Gasteiger charge is -2.09. The standard InChI is InChI=1S/C15H13IN2O2/c1-9-7-11(20-2)4-6-14(9)18-15(16)12-8-10(19)3-5-13(12)17-18/h3-8,19H,1-2H3. The van der Waals surface area contributed by atoms with Crippen molar-refractivity contribution in [2.24, 2.45) is 0 Å². The van der Waals surface area contributed by atoms with E-state index in [1.807, 2.05) is 35.9 Å². The van der Waals surface area contributed by atoms with Gasteiger partial charge in [-0.1, -0.05) is 0 Å². The van der Waals surface area contributed by atoms with Crippen molar-refractivity contribution in [1.82, 2.24) is 9.78 Å². The summed E-state index contributed by atoms with van der Waals surface area (Å²) < 4.78 is 8.09. The lowest BCUT2D eigenvalue weighted by Crippen LogP contribution is -2.01. The topological polar surface area (TPSA) is 47.3 Å². The molecule has 1 heterocycles. The Morgan fingerprint density at radius 1 is 1.20 bits per heavy atom. The van der Waals surface area contributed by atoms with E-state index >= 15 is 0 Å². The van der Waals surface area contributed by atoms with Crippen LogP contribution in [0.2, 0.25) is 0 Å². The molecule has 0 saturated carbocycles. The molecule has 4 nitrogen and oxygen atoms in total. The highest BCUT2D eigenvalue weighted by Crippen LogP contribution is 2.28. The lowest BCUT2D eigenvalue weighted by molar-refractivity contribution is 0.414. The molecular formula is C15H13IN2O2. The molecule has 2 aromatic carbocycles. The second-order valence-corrected chi connectivity index (χ2v) is 5.58. The van der Waals surface area contributed by atoms with Gasteiger partial charge in [0.25, 0.3) is 0 Å². The lowest BCUT2D eigenvalue weighted by atomic mass is 10.2. The molecule has 0 spiro atoms. The highest BCUT2D eigenvalue weighted by atomic mass is 127. The SMILES string of the molecule is COc1ccc(-n2nc3ccc(O)cc3c2I)c(C)c1. The first kappa shape index (κ1) is 13.2. The summed E-state index contributed by atoms with van der Waals surface area (Å²) in [6.45, 7) is 2.03. The Morgan fingerprint density at radius 3 is 2.70 bits per heavy atom. The van der Waals surface area contributed by atoms with Gasteiger partial charge >= 0.3 is 0 Å². The summed E-state index contributed by atoms with van der Waals surface area (Å²) in [4.78, 5) is 0. The van der Waals surface area contributed by atoms with Crippen LogP contribution in [0.3, 0.4) is 0 Å². The fourth-order valence-electron chi connectivity index (χ4n) is 2.19. The fourth-order valence-corrected chi connectivity index (χ4v) is 2.99. The monoisotopic (exact) mass is 380 g/mol. The van der Waals surface area contributed by atoms with Gasteiger partial charge in [-0.15, -0.1) is 0 Å². The predicted molar refractivity (Wildman–Crippen MR) is 86.7 cm³/mol. The smallest absolute Gasteiger partial charge is 0.119 e. The molecule has 0 saturated heterocycles. The molecule has 3 rings (SSSR count). The molecule has 1 aromatic heterocycles. The van der Waals surface area contributed by atoms with E-state index in [0.717, 1.165) is 31.6 Å². The molecule has 0 unspecified atom stereocenters. The number of halogens is 1. The molecule has 0 radical (unpaired) electrons. The zero-order valence-corrected chi connectivity index (χ0v) is 13.2. The van der Waals surface area contributed by atoms with Crippen molar-refractivity contribution in [2.45, 2.75) is 6.92 Å². The van der Waals surface area contributed by atoms with E-state index in [1.165, 1.54) is 0 Å². The van der Waals surface area contributed by atoms with E-state index in [0.29, 0.717) is 0 Å². The van der Waals surface area contributed by atoms with Crippen LogP contribution < -0.4 is 4.74 Å². The van der Waals surface area contributed by atoms with Crippen molar-refractivity contribution >= 4 is 33.5 Å². The first-order chi connectivity index (χ1) is 9.60. The van der Waals surface area contributed by atoms with Crippen LogP contribution >= 0.6 is 22.6 Å². The van der Waals surface area contributed by atoms with Crippen LogP contribution in [0.15, 0.2) is 36.4 Å². The average molecular weight is 380 g/mol. The van der Waals surface area contributed by atoms with Gasteiger partial charge in [0.2, 0.25) is 0 Å². The third-order valence-corrected chi connectivity index (χ3v) is 4.27. The van der Waals surface area contributed by atoms with Gasteiger partial charge in [0.1, 0.15) is 15.2 Å². The number of methoxy groups -OCH3 is 1. The maximum absolute atomic E-state index is 9.60. The number of rotatable bonds is 2. The van der Waals surface area contributed by atoms with E-state index in [2.05, 4.69) is 27.7 Å². The van der Waals surface area contributed by atoms with Crippen LogP contribution in [0.5, 0.6) is 11.5 Å². The summed E-state index contributed by atoms with van der Waals surface area (Å²) >= 11 is 2.25. The molecule has 5 heteroatoms. The van der Waals surface area contributed by atoms with Gasteiger partial charge in [-0.05, 0) is 71.5 Å². The first-order valence-electron chi connectivity index (χ1n) is 6.12. The Morgan fingerprint density at radius 2 is 2.00 bits per heavy atom. The van der Waals surface area contributed by atoms with Gasteiger partial charge in [0.15, 0.2) is 0 Å². The zero-order valence-electron chi connectivity index (χ0n) is 11.1. The molecule has 0 atom stereocenters. The van der Waals surface area contributed by atoms with E-state index in [1.54, 1.807) is 19.2 Å². The third kappa shape index (κ3) is 2.11. The number of fused-ring (bicyclic) bond motifs is 1. The van der Waals surface area contributed by atoms with Crippen molar-refractivity contribution < 1.29 is 9.84 Å². The van der Waals surface area contributed by atoms with Crippen LogP contribution in [-0.4, -0.2) is 22.0 Å². The molecule has 0 aliphatic heterocycles. The normalized spacial score (nSPS) is 10.9. The molecule has 0 aliphatic rings. The minimum atomic E-state index is 0.251. The Kier molecular flexibility index (Phi) is 3.29. The largest absolute Gasteiger partial charge is 0.508 e. The number of aromatic nitrogens is 2. The van der Waals surface area contributed by atoms with Gasteiger partial charge in [-0.3, -0.25) is 0 Å². The first-order valence-corrected chi connectivity index (χ1v) is 7.20. The van der Waals surface area contributed by atoms with E-state index in [-0.39, 0.29) is 5.75 Å².